The molecule has 2 rings (SSSR count). The minimum absolute atomic E-state index is 0.280. The van der Waals surface area contributed by atoms with Crippen molar-refractivity contribution in [2.24, 2.45) is 0 Å². The summed E-state index contributed by atoms with van der Waals surface area (Å²) in [5.41, 5.74) is 1.32. The van der Waals surface area contributed by atoms with Crippen molar-refractivity contribution >= 4 is 5.97 Å². The number of hydrogen-bond acceptors (Lipinski definition) is 2. The third-order valence-electron chi connectivity index (χ3n) is 2.90. The van der Waals surface area contributed by atoms with Gasteiger partial charge in [-0.25, -0.2) is 4.79 Å². The molecular formula is C12H15NO2. The monoisotopic (exact) mass is 205 g/mol. The van der Waals surface area contributed by atoms with E-state index >= 15 is 0 Å². The Hall–Kier alpha value is -1.51. The molecule has 3 heteroatoms. The maximum absolute atomic E-state index is 11.7. The van der Waals surface area contributed by atoms with Gasteiger partial charge in [-0.15, -0.1) is 0 Å². The second-order valence-electron chi connectivity index (χ2n) is 3.99. The fourth-order valence-electron chi connectivity index (χ4n) is 1.56. The van der Waals surface area contributed by atoms with Crippen LogP contribution in [-0.2, 0) is 4.74 Å². The normalized spacial score (nSPS) is 17.9. The largest absolute Gasteiger partial charge is 0.450 e. The van der Waals surface area contributed by atoms with E-state index in [0.29, 0.717) is 5.69 Å². The van der Waals surface area contributed by atoms with Gasteiger partial charge in [0.05, 0.1) is 0 Å². The molecule has 1 aliphatic rings. The zero-order valence-electron chi connectivity index (χ0n) is 9.04. The highest BCUT2D eigenvalue weighted by Gasteiger charge is 2.35. The quantitative estimate of drug-likeness (QED) is 0.606. The molecule has 1 N–H and O–H groups in total. The molecular weight excluding hydrogens is 190 g/mol. The van der Waals surface area contributed by atoms with E-state index in [9.17, 15) is 4.79 Å². The zero-order valence-corrected chi connectivity index (χ0v) is 9.04. The molecule has 0 saturated carbocycles. The number of carbonyl (C=O) groups is 1. The second kappa shape index (κ2) is 3.57. The number of hydrogen-bond donors (Lipinski definition) is 1. The van der Waals surface area contributed by atoms with Crippen molar-refractivity contribution in [3.05, 3.63) is 35.7 Å². The van der Waals surface area contributed by atoms with Crippen molar-refractivity contribution in [2.75, 3.05) is 0 Å². The van der Waals surface area contributed by atoms with Crippen LogP contribution in [0.1, 0.15) is 37.2 Å². The molecule has 15 heavy (non-hydrogen) atoms. The summed E-state index contributed by atoms with van der Waals surface area (Å²) in [6, 6.07) is 3.51. The van der Waals surface area contributed by atoms with Crippen molar-refractivity contribution in [1.82, 2.24) is 4.98 Å². The predicted octanol–water partition coefficient (Wildman–Crippen LogP) is 2.67. The van der Waals surface area contributed by atoms with E-state index in [1.807, 2.05) is 13.8 Å². The van der Waals surface area contributed by atoms with E-state index in [0.717, 1.165) is 12.8 Å². The summed E-state index contributed by atoms with van der Waals surface area (Å²) in [5, 5.41) is 0. The number of aromatic amines is 1. The predicted molar refractivity (Wildman–Crippen MR) is 57.6 cm³/mol. The lowest BCUT2D eigenvalue weighted by Crippen LogP contribution is -2.30. The lowest BCUT2D eigenvalue weighted by Gasteiger charge is -2.26. The Bertz CT molecular complexity index is 392. The molecule has 1 aromatic heterocycles. The van der Waals surface area contributed by atoms with Crippen LogP contribution in [0, 0.1) is 0 Å². The summed E-state index contributed by atoms with van der Waals surface area (Å²) in [4.78, 5) is 14.6. The van der Waals surface area contributed by atoms with Crippen molar-refractivity contribution < 1.29 is 9.53 Å². The lowest BCUT2D eigenvalue weighted by atomic mass is 10.00. The van der Waals surface area contributed by atoms with Crippen LogP contribution in [0.3, 0.4) is 0 Å². The highest BCUT2D eigenvalue weighted by Crippen LogP contribution is 2.37. The molecule has 0 bridgehead atoms. The molecule has 0 spiro atoms. The third kappa shape index (κ3) is 1.96. The number of carbonyl (C=O) groups excluding carboxylic acids is 1. The summed E-state index contributed by atoms with van der Waals surface area (Å²) in [6.45, 7) is 3.99. The number of ether oxygens (including phenoxy) is 1. The van der Waals surface area contributed by atoms with E-state index in [1.54, 1.807) is 18.3 Å². The van der Waals surface area contributed by atoms with Gasteiger partial charge in [0.1, 0.15) is 11.3 Å². The average Bonchev–Trinajstić information content (AvgIpc) is 2.94. The minimum atomic E-state index is -0.414. The maximum Gasteiger partial charge on any atom is 0.355 e. The van der Waals surface area contributed by atoms with Crippen LogP contribution in [-0.4, -0.2) is 16.6 Å². The fourth-order valence-corrected chi connectivity index (χ4v) is 1.56. The van der Waals surface area contributed by atoms with Gasteiger partial charge >= 0.3 is 5.97 Å². The van der Waals surface area contributed by atoms with Gasteiger partial charge in [0.25, 0.3) is 0 Å². The molecule has 1 aliphatic carbocycles. The first-order valence-electron chi connectivity index (χ1n) is 5.22. The van der Waals surface area contributed by atoms with Crippen LogP contribution in [0.5, 0.6) is 0 Å². The maximum atomic E-state index is 11.7. The number of nitrogens with one attached hydrogen (secondary N) is 1. The lowest BCUT2D eigenvalue weighted by molar-refractivity contribution is 0.00602. The van der Waals surface area contributed by atoms with Crippen LogP contribution >= 0.6 is 0 Å². The highest BCUT2D eigenvalue weighted by atomic mass is 16.6. The van der Waals surface area contributed by atoms with Gasteiger partial charge in [-0.05, 0) is 37.5 Å². The van der Waals surface area contributed by atoms with E-state index in [1.165, 1.54) is 5.57 Å². The molecule has 80 valence electrons. The Morgan fingerprint density at radius 1 is 1.67 bits per heavy atom. The molecule has 0 radical (unpaired) electrons. The van der Waals surface area contributed by atoms with Gasteiger partial charge in [-0.2, -0.15) is 0 Å². The third-order valence-corrected chi connectivity index (χ3v) is 2.90. The summed E-state index contributed by atoms with van der Waals surface area (Å²) in [7, 11) is 0. The van der Waals surface area contributed by atoms with E-state index in [2.05, 4.69) is 11.1 Å². The van der Waals surface area contributed by atoms with E-state index < -0.39 is 5.60 Å². The number of H-pyrrole nitrogens is 1. The number of allylic oxidation sites excluding steroid dienone is 1. The number of esters is 1. The van der Waals surface area contributed by atoms with Gasteiger partial charge in [-0.1, -0.05) is 13.0 Å². The molecule has 0 aliphatic heterocycles. The molecule has 1 unspecified atom stereocenters. The summed E-state index contributed by atoms with van der Waals surface area (Å²) < 4.78 is 5.52. The van der Waals surface area contributed by atoms with Gasteiger partial charge < -0.3 is 9.72 Å². The summed E-state index contributed by atoms with van der Waals surface area (Å²) in [5.74, 6) is -0.280. The average molecular weight is 205 g/mol. The molecule has 1 aromatic rings. The minimum Gasteiger partial charge on any atom is -0.450 e. The molecule has 0 amide bonds. The Kier molecular flexibility index (Phi) is 2.39. The number of rotatable bonds is 4. The topological polar surface area (TPSA) is 42.1 Å². The van der Waals surface area contributed by atoms with Gasteiger partial charge in [0.2, 0.25) is 0 Å². The first kappa shape index (κ1) is 10.0. The Morgan fingerprint density at radius 3 is 2.87 bits per heavy atom. The van der Waals surface area contributed by atoms with Gasteiger partial charge in [0.15, 0.2) is 0 Å². The van der Waals surface area contributed by atoms with Crippen LogP contribution in [0.15, 0.2) is 30.0 Å². The first-order chi connectivity index (χ1) is 7.15. The van der Waals surface area contributed by atoms with Crippen LogP contribution in [0.25, 0.3) is 0 Å². The van der Waals surface area contributed by atoms with Crippen LogP contribution in [0.2, 0.25) is 0 Å². The van der Waals surface area contributed by atoms with Gasteiger partial charge in [0, 0.05) is 6.20 Å². The van der Waals surface area contributed by atoms with Crippen molar-refractivity contribution in [3.8, 4) is 0 Å². The first-order valence-corrected chi connectivity index (χ1v) is 5.22. The summed E-state index contributed by atoms with van der Waals surface area (Å²) >= 11 is 0. The Morgan fingerprint density at radius 2 is 2.40 bits per heavy atom. The van der Waals surface area contributed by atoms with Crippen molar-refractivity contribution in [2.45, 2.75) is 32.3 Å². The van der Waals surface area contributed by atoms with Crippen LogP contribution in [0.4, 0.5) is 0 Å². The van der Waals surface area contributed by atoms with E-state index in [4.69, 9.17) is 4.74 Å². The molecule has 0 aromatic carbocycles. The number of aromatic nitrogens is 1. The second-order valence-corrected chi connectivity index (χ2v) is 3.99. The Labute approximate surface area is 89.1 Å². The standard InChI is InChI=1S/C12H15NO2/c1-3-12(2,9-6-7-9)15-11(14)10-5-4-8-13-10/h4-6,8,13H,3,7H2,1-2H3. The Balaban J connectivity index is 2.07. The molecule has 1 atom stereocenters. The SMILES string of the molecule is CCC(C)(OC(=O)c1ccc[nH]1)C1=CC1. The van der Waals surface area contributed by atoms with Crippen LogP contribution < -0.4 is 0 Å². The summed E-state index contributed by atoms with van der Waals surface area (Å²) in [6.07, 6.45) is 5.61. The molecule has 0 fully saturated rings. The van der Waals surface area contributed by atoms with Crippen molar-refractivity contribution in [3.63, 3.8) is 0 Å². The zero-order chi connectivity index (χ0) is 10.9. The molecule has 3 nitrogen and oxygen atoms in total. The molecule has 0 saturated heterocycles. The molecule has 1 heterocycles. The van der Waals surface area contributed by atoms with E-state index in [-0.39, 0.29) is 5.97 Å². The van der Waals surface area contributed by atoms with Gasteiger partial charge in [-0.3, -0.25) is 0 Å². The highest BCUT2D eigenvalue weighted by molar-refractivity contribution is 5.87. The smallest absolute Gasteiger partial charge is 0.355 e. The van der Waals surface area contributed by atoms with Crippen molar-refractivity contribution in [1.29, 1.82) is 0 Å². The fraction of sp³-hybridized carbons (Fsp3) is 0.417.